The Kier molecular flexibility index (Phi) is 4.78. The number of piperidine rings is 1. The van der Waals surface area contributed by atoms with E-state index in [1.54, 1.807) is 0 Å². The molecule has 1 amide bonds. The third-order valence-electron chi connectivity index (χ3n) is 7.20. The van der Waals surface area contributed by atoms with Crippen LogP contribution in [0.1, 0.15) is 48.6 Å². The first-order valence-electron chi connectivity index (χ1n) is 11.8. The Hall–Kier alpha value is -3.48. The molecule has 1 aliphatic heterocycles. The average Bonchev–Trinajstić information content (AvgIpc) is 3.53. The molecule has 4 aromatic heterocycles. The molecule has 0 bridgehead atoms. The van der Waals surface area contributed by atoms with Gasteiger partial charge in [0.15, 0.2) is 0 Å². The predicted molar refractivity (Wildman–Crippen MR) is 127 cm³/mol. The smallest absolute Gasteiger partial charge is 0.225 e. The summed E-state index contributed by atoms with van der Waals surface area (Å²) < 4.78 is 1.93. The normalized spacial score (nSPS) is 17.1. The molecule has 1 saturated carbocycles. The maximum atomic E-state index is 12.4. The van der Waals surface area contributed by atoms with Crippen LogP contribution in [0.4, 0.5) is 0 Å². The highest BCUT2D eigenvalue weighted by Crippen LogP contribution is 2.35. The maximum absolute atomic E-state index is 12.4. The van der Waals surface area contributed by atoms with Gasteiger partial charge in [0.25, 0.3) is 0 Å². The summed E-state index contributed by atoms with van der Waals surface area (Å²) in [5.74, 6) is 1.06. The fourth-order valence-electron chi connectivity index (χ4n) is 4.85. The quantitative estimate of drug-likeness (QED) is 0.505. The van der Waals surface area contributed by atoms with Gasteiger partial charge >= 0.3 is 0 Å². The number of likely N-dealkylation sites (tertiary alicyclic amines) is 1. The van der Waals surface area contributed by atoms with Gasteiger partial charge < -0.3 is 9.88 Å². The maximum Gasteiger partial charge on any atom is 0.225 e. The first kappa shape index (κ1) is 20.1. The number of amides is 1. The van der Waals surface area contributed by atoms with Crippen LogP contribution in [0, 0.1) is 19.8 Å². The Balaban J connectivity index is 1.23. The van der Waals surface area contributed by atoms with Crippen LogP contribution in [0.5, 0.6) is 0 Å². The number of rotatable bonds is 4. The van der Waals surface area contributed by atoms with Gasteiger partial charge in [-0.25, -0.2) is 9.67 Å². The fourth-order valence-corrected chi connectivity index (χ4v) is 4.85. The van der Waals surface area contributed by atoms with Crippen LogP contribution in [-0.4, -0.2) is 48.6 Å². The topological polar surface area (TPSA) is 79.7 Å². The molecule has 5 heterocycles. The lowest BCUT2D eigenvalue weighted by atomic mass is 9.92. The van der Waals surface area contributed by atoms with E-state index in [-0.39, 0.29) is 0 Å². The predicted octanol–water partition coefficient (Wildman–Crippen LogP) is 4.54. The summed E-state index contributed by atoms with van der Waals surface area (Å²) in [4.78, 5) is 27.2. The number of hydrogen-bond donors (Lipinski definition) is 1. The van der Waals surface area contributed by atoms with Crippen LogP contribution in [0.15, 0.2) is 42.9 Å². The summed E-state index contributed by atoms with van der Waals surface area (Å²) in [5.41, 5.74) is 7.37. The van der Waals surface area contributed by atoms with Crippen LogP contribution < -0.4 is 0 Å². The van der Waals surface area contributed by atoms with E-state index in [4.69, 9.17) is 0 Å². The number of carbonyl (C=O) groups excluding carboxylic acids is 1. The molecule has 7 nitrogen and oxygen atoms in total. The SMILES string of the molecule is Cc1cnn(-c2cnc3[nH]c(-c4ccnc(C5CCN(C(=O)C6CC6)CC5)c4)cc3c2)c1C. The second-order valence-electron chi connectivity index (χ2n) is 9.48. The van der Waals surface area contributed by atoms with Crippen molar-refractivity contribution in [1.29, 1.82) is 0 Å². The molecule has 0 radical (unpaired) electrons. The van der Waals surface area contributed by atoms with Gasteiger partial charge in [-0.2, -0.15) is 5.10 Å². The third kappa shape index (κ3) is 3.71. The number of pyridine rings is 2. The number of carbonyl (C=O) groups is 1. The number of H-pyrrole nitrogens is 1. The van der Waals surface area contributed by atoms with Gasteiger partial charge in [-0.3, -0.25) is 9.78 Å². The van der Waals surface area contributed by atoms with Crippen LogP contribution in [0.3, 0.4) is 0 Å². The number of hydrogen-bond acceptors (Lipinski definition) is 4. The van der Waals surface area contributed by atoms with E-state index in [9.17, 15) is 4.79 Å². The molecule has 4 aromatic rings. The van der Waals surface area contributed by atoms with E-state index < -0.39 is 0 Å². The van der Waals surface area contributed by atoms with E-state index >= 15 is 0 Å². The molecular formula is C26H28N6O. The molecule has 2 fully saturated rings. The van der Waals surface area contributed by atoms with E-state index in [0.29, 0.717) is 17.7 Å². The summed E-state index contributed by atoms with van der Waals surface area (Å²) >= 11 is 0. The minimum atomic E-state index is 0.306. The number of aromatic amines is 1. The van der Waals surface area contributed by atoms with Crippen molar-refractivity contribution in [3.05, 3.63) is 59.8 Å². The number of nitrogens with zero attached hydrogens (tertiary/aromatic N) is 5. The van der Waals surface area contributed by atoms with Crippen LogP contribution in [0.2, 0.25) is 0 Å². The van der Waals surface area contributed by atoms with Crippen molar-refractivity contribution < 1.29 is 4.79 Å². The van der Waals surface area contributed by atoms with Gasteiger partial charge in [-0.1, -0.05) is 0 Å². The van der Waals surface area contributed by atoms with Gasteiger partial charge in [-0.05, 0) is 69.4 Å². The van der Waals surface area contributed by atoms with Gasteiger partial charge in [-0.15, -0.1) is 0 Å². The van der Waals surface area contributed by atoms with Crippen LogP contribution in [0.25, 0.3) is 28.0 Å². The molecule has 0 unspecified atom stereocenters. The Bertz CT molecular complexity index is 1340. The second kappa shape index (κ2) is 7.83. The number of aromatic nitrogens is 5. The van der Waals surface area contributed by atoms with Crippen molar-refractivity contribution >= 4 is 16.9 Å². The summed E-state index contributed by atoms with van der Waals surface area (Å²) in [7, 11) is 0. The molecule has 1 aliphatic carbocycles. The highest BCUT2D eigenvalue weighted by Gasteiger charge is 2.35. The lowest BCUT2D eigenvalue weighted by molar-refractivity contribution is -0.133. The average molecular weight is 441 g/mol. The molecule has 33 heavy (non-hydrogen) atoms. The van der Waals surface area contributed by atoms with Gasteiger partial charge in [0, 0.05) is 59.2 Å². The standard InChI is InChI=1S/C26H28N6O/c1-16-14-29-32(17(16)2)22-11-21-13-24(30-25(21)28-15-22)20-5-8-27-23(12-20)18-6-9-31(10-7-18)26(33)19-3-4-19/h5,8,11-15,18-19H,3-4,6-7,9-10H2,1-2H3,(H,28,30). The largest absolute Gasteiger partial charge is 0.342 e. The first-order valence-corrected chi connectivity index (χ1v) is 11.8. The van der Waals surface area contributed by atoms with Gasteiger partial charge in [0.05, 0.1) is 18.1 Å². The minimum absolute atomic E-state index is 0.306. The summed E-state index contributed by atoms with van der Waals surface area (Å²) in [5, 5.41) is 5.54. The summed E-state index contributed by atoms with van der Waals surface area (Å²) in [6.45, 7) is 5.82. The monoisotopic (exact) mass is 440 g/mol. The van der Waals surface area contributed by atoms with Gasteiger partial charge in [0.1, 0.15) is 5.65 Å². The number of aryl methyl sites for hydroxylation is 1. The molecule has 168 valence electrons. The second-order valence-corrected chi connectivity index (χ2v) is 9.48. The molecule has 0 atom stereocenters. The van der Waals surface area contributed by atoms with Crippen molar-refractivity contribution in [3.63, 3.8) is 0 Å². The molecule has 1 N–H and O–H groups in total. The van der Waals surface area contributed by atoms with Crippen molar-refractivity contribution in [2.45, 2.75) is 45.4 Å². The van der Waals surface area contributed by atoms with Gasteiger partial charge in [0.2, 0.25) is 5.91 Å². The molecule has 7 heteroatoms. The lowest BCUT2D eigenvalue weighted by Crippen LogP contribution is -2.38. The minimum Gasteiger partial charge on any atom is -0.342 e. The van der Waals surface area contributed by atoms with Crippen molar-refractivity contribution in [3.8, 4) is 16.9 Å². The van der Waals surface area contributed by atoms with Crippen LogP contribution >= 0.6 is 0 Å². The van der Waals surface area contributed by atoms with E-state index in [2.05, 4.69) is 57.0 Å². The molecule has 2 aliphatic rings. The summed E-state index contributed by atoms with van der Waals surface area (Å²) in [6, 6.07) is 8.50. The molecule has 6 rings (SSSR count). The highest BCUT2D eigenvalue weighted by atomic mass is 16.2. The van der Waals surface area contributed by atoms with Crippen LogP contribution in [-0.2, 0) is 4.79 Å². The molecule has 0 aromatic carbocycles. The van der Waals surface area contributed by atoms with E-state index in [1.165, 1.54) is 0 Å². The lowest BCUT2D eigenvalue weighted by Gasteiger charge is -2.32. The Morgan fingerprint density at radius 2 is 1.85 bits per heavy atom. The van der Waals surface area contributed by atoms with Crippen molar-refractivity contribution in [1.82, 2.24) is 29.6 Å². The fraction of sp³-hybridized carbons (Fsp3) is 0.385. The van der Waals surface area contributed by atoms with Crippen molar-refractivity contribution in [2.75, 3.05) is 13.1 Å². The number of nitrogens with one attached hydrogen (secondary N) is 1. The first-order chi connectivity index (χ1) is 16.1. The molecule has 0 spiro atoms. The Morgan fingerprint density at radius 3 is 2.58 bits per heavy atom. The van der Waals surface area contributed by atoms with E-state index in [0.717, 1.165) is 83.7 Å². The molecular weight excluding hydrogens is 412 g/mol. The zero-order chi connectivity index (χ0) is 22.5. The summed E-state index contributed by atoms with van der Waals surface area (Å²) in [6.07, 6.45) is 9.75. The number of fused-ring (bicyclic) bond motifs is 1. The molecule has 1 saturated heterocycles. The Morgan fingerprint density at radius 1 is 1.03 bits per heavy atom. The zero-order valence-electron chi connectivity index (χ0n) is 19.1. The Labute approximate surface area is 192 Å². The third-order valence-corrected chi connectivity index (χ3v) is 7.20. The zero-order valence-corrected chi connectivity index (χ0v) is 19.1. The van der Waals surface area contributed by atoms with Crippen molar-refractivity contribution in [2.24, 2.45) is 5.92 Å². The highest BCUT2D eigenvalue weighted by molar-refractivity contribution is 5.84. The van der Waals surface area contributed by atoms with E-state index in [1.807, 2.05) is 29.3 Å².